The maximum absolute atomic E-state index is 14.0. The van der Waals surface area contributed by atoms with Crippen molar-refractivity contribution in [2.75, 3.05) is 0 Å². The van der Waals surface area contributed by atoms with Crippen molar-refractivity contribution in [3.05, 3.63) is 59.4 Å². The van der Waals surface area contributed by atoms with Crippen LogP contribution in [-0.4, -0.2) is 19.3 Å². The van der Waals surface area contributed by atoms with Crippen LogP contribution in [0.1, 0.15) is 29.7 Å². The summed E-state index contributed by atoms with van der Waals surface area (Å²) in [5, 5.41) is 5.01. The fraction of sp³-hybridized carbons (Fsp3) is 0.235. The number of sulfonamides is 1. The number of hydrogen-bond acceptors (Lipinski definition) is 3. The van der Waals surface area contributed by atoms with Crippen molar-refractivity contribution >= 4 is 21.2 Å². The van der Waals surface area contributed by atoms with Gasteiger partial charge in [-0.25, -0.2) is 22.3 Å². The summed E-state index contributed by atoms with van der Waals surface area (Å²) in [5.41, 5.74) is -0.303. The number of rotatable bonds is 3. The minimum absolute atomic E-state index is 0.0192. The molecule has 27 heavy (non-hydrogen) atoms. The van der Waals surface area contributed by atoms with Crippen LogP contribution in [0.25, 0.3) is 11.1 Å². The number of allylic oxidation sites excluding steroid dienone is 2. The molecule has 4 nitrogen and oxygen atoms in total. The summed E-state index contributed by atoms with van der Waals surface area (Å²) in [6, 6.07) is 6.88. The first-order chi connectivity index (χ1) is 12.4. The molecule has 144 valence electrons. The van der Waals surface area contributed by atoms with E-state index in [1.807, 2.05) is 0 Å². The summed E-state index contributed by atoms with van der Waals surface area (Å²) in [6.07, 6.45) is -5.27. The zero-order valence-corrected chi connectivity index (χ0v) is 14.4. The summed E-state index contributed by atoms with van der Waals surface area (Å²) < 4.78 is 88.6. The van der Waals surface area contributed by atoms with E-state index in [0.717, 1.165) is 12.1 Å². The Morgan fingerprint density at radius 2 is 1.56 bits per heavy atom. The number of nitrogens with zero attached hydrogens (tertiary/aromatic N) is 1. The van der Waals surface area contributed by atoms with E-state index in [9.17, 15) is 30.4 Å². The Kier molecular flexibility index (Phi) is 4.59. The molecular formula is C17H13F5N2O2S. The van der Waals surface area contributed by atoms with Crippen LogP contribution < -0.4 is 5.14 Å². The summed E-state index contributed by atoms with van der Waals surface area (Å²) >= 11 is 0. The Bertz CT molecular complexity index is 995. The molecule has 1 aliphatic carbocycles. The van der Waals surface area contributed by atoms with E-state index in [2.05, 4.69) is 4.98 Å². The maximum atomic E-state index is 14.0. The molecule has 1 heterocycles. The number of primary sulfonamides is 1. The van der Waals surface area contributed by atoms with Crippen molar-refractivity contribution in [3.63, 3.8) is 0 Å². The fourth-order valence-corrected chi connectivity index (χ4v) is 3.42. The largest absolute Gasteiger partial charge is 0.417 e. The number of benzene rings is 1. The van der Waals surface area contributed by atoms with Gasteiger partial charge in [0.1, 0.15) is 0 Å². The molecule has 10 heteroatoms. The minimum atomic E-state index is -4.58. The first-order valence-corrected chi connectivity index (χ1v) is 9.18. The van der Waals surface area contributed by atoms with Crippen LogP contribution in [0.5, 0.6) is 0 Å². The highest BCUT2D eigenvalue weighted by Crippen LogP contribution is 2.47. The van der Waals surface area contributed by atoms with E-state index < -0.39 is 40.5 Å². The second kappa shape index (κ2) is 6.38. The van der Waals surface area contributed by atoms with Gasteiger partial charge >= 0.3 is 6.18 Å². The van der Waals surface area contributed by atoms with Gasteiger partial charge in [0.2, 0.25) is 10.0 Å². The second-order valence-corrected chi connectivity index (χ2v) is 7.73. The molecule has 1 aromatic heterocycles. The van der Waals surface area contributed by atoms with Crippen LogP contribution in [0.2, 0.25) is 0 Å². The predicted molar refractivity (Wildman–Crippen MR) is 88.0 cm³/mol. The first kappa shape index (κ1) is 19.4. The molecule has 3 rings (SSSR count). The van der Waals surface area contributed by atoms with E-state index >= 15 is 0 Å². The summed E-state index contributed by atoms with van der Waals surface area (Å²) in [7, 11) is -3.93. The van der Waals surface area contributed by atoms with Gasteiger partial charge < -0.3 is 0 Å². The molecule has 2 aromatic rings. The van der Waals surface area contributed by atoms with Gasteiger partial charge in [-0.2, -0.15) is 13.2 Å². The lowest BCUT2D eigenvalue weighted by Crippen LogP contribution is -2.12. The van der Waals surface area contributed by atoms with Gasteiger partial charge in [0.05, 0.1) is 16.2 Å². The third kappa shape index (κ3) is 4.16. The molecule has 0 saturated carbocycles. The molecule has 1 aromatic carbocycles. The number of aromatic nitrogens is 1. The summed E-state index contributed by atoms with van der Waals surface area (Å²) in [5.74, 6) is -3.08. The van der Waals surface area contributed by atoms with Crippen molar-refractivity contribution < 1.29 is 30.4 Å². The third-order valence-electron chi connectivity index (χ3n) is 4.17. The molecule has 1 aliphatic rings. The Balaban J connectivity index is 2.04. The molecule has 0 amide bonds. The van der Waals surface area contributed by atoms with Crippen LogP contribution in [0.4, 0.5) is 22.0 Å². The van der Waals surface area contributed by atoms with Crippen LogP contribution in [0.15, 0.2) is 47.5 Å². The highest BCUT2D eigenvalue weighted by molar-refractivity contribution is 7.89. The second-order valence-electron chi connectivity index (χ2n) is 6.17. The average Bonchev–Trinajstić information content (AvgIpc) is 2.89. The van der Waals surface area contributed by atoms with Crippen molar-refractivity contribution in [1.29, 1.82) is 0 Å². The van der Waals surface area contributed by atoms with Crippen LogP contribution in [0, 0.1) is 0 Å². The summed E-state index contributed by atoms with van der Waals surface area (Å²) in [6.45, 7) is 0. The third-order valence-corrected chi connectivity index (χ3v) is 5.10. The van der Waals surface area contributed by atoms with Gasteiger partial charge in [-0.15, -0.1) is 0 Å². The number of pyridine rings is 1. The maximum Gasteiger partial charge on any atom is 0.417 e. The lowest BCUT2D eigenvalue weighted by Gasteiger charge is -2.10. The van der Waals surface area contributed by atoms with Crippen molar-refractivity contribution in [1.82, 2.24) is 4.98 Å². The Morgan fingerprint density at radius 3 is 2.04 bits per heavy atom. The first-order valence-electron chi connectivity index (χ1n) is 7.63. The number of alkyl halides is 5. The molecule has 0 radical (unpaired) electrons. The van der Waals surface area contributed by atoms with E-state index in [-0.39, 0.29) is 21.7 Å². The lowest BCUT2D eigenvalue weighted by atomic mass is 10.00. The number of halogens is 5. The van der Waals surface area contributed by atoms with Gasteiger partial charge in [-0.1, -0.05) is 12.1 Å². The van der Waals surface area contributed by atoms with Crippen molar-refractivity contribution in [3.8, 4) is 0 Å². The van der Waals surface area contributed by atoms with Crippen LogP contribution in [0.3, 0.4) is 0 Å². The summed E-state index contributed by atoms with van der Waals surface area (Å²) in [4.78, 5) is 3.52. The SMILES string of the molecule is NS(=O)(=O)c1ccc(C2=C(c3ccc(C(F)(F)F)cn3)CC(F)(F)C2)cc1. The van der Waals surface area contributed by atoms with Crippen molar-refractivity contribution in [2.45, 2.75) is 29.8 Å². The smallest absolute Gasteiger partial charge is 0.256 e. The molecule has 0 fully saturated rings. The monoisotopic (exact) mass is 404 g/mol. The van der Waals surface area contributed by atoms with Gasteiger partial charge in [0.15, 0.2) is 0 Å². The molecule has 0 aliphatic heterocycles. The lowest BCUT2D eigenvalue weighted by molar-refractivity contribution is -0.137. The van der Waals surface area contributed by atoms with Gasteiger partial charge in [0.25, 0.3) is 5.92 Å². The Labute approximate surface area is 151 Å². The molecule has 0 spiro atoms. The van der Waals surface area contributed by atoms with Gasteiger partial charge in [-0.05, 0) is 41.0 Å². The molecular weight excluding hydrogens is 391 g/mol. The van der Waals surface area contributed by atoms with Gasteiger partial charge in [-0.3, -0.25) is 4.98 Å². The molecule has 0 unspecified atom stereocenters. The molecule has 2 N–H and O–H groups in total. The highest BCUT2D eigenvalue weighted by Gasteiger charge is 2.40. The van der Waals surface area contributed by atoms with Crippen LogP contribution >= 0.6 is 0 Å². The van der Waals surface area contributed by atoms with Crippen molar-refractivity contribution in [2.24, 2.45) is 5.14 Å². The molecule has 0 atom stereocenters. The number of nitrogens with two attached hydrogens (primary N) is 1. The fourth-order valence-electron chi connectivity index (χ4n) is 2.90. The predicted octanol–water partition coefficient (Wildman–Crippen LogP) is 4.09. The van der Waals surface area contributed by atoms with E-state index in [4.69, 9.17) is 5.14 Å². The van der Waals surface area contributed by atoms with Crippen LogP contribution in [-0.2, 0) is 16.2 Å². The Morgan fingerprint density at radius 1 is 0.963 bits per heavy atom. The van der Waals surface area contributed by atoms with E-state index in [0.29, 0.717) is 11.8 Å². The zero-order chi connectivity index (χ0) is 20.0. The van der Waals surface area contributed by atoms with Gasteiger partial charge in [0, 0.05) is 19.0 Å². The topological polar surface area (TPSA) is 73.1 Å². The standard InChI is InChI=1S/C17H13F5N2O2S/c18-16(19)7-13(10-1-4-12(5-2-10)27(23,25)26)14(8-16)15-6-3-11(9-24-15)17(20,21)22/h1-6,9H,7-8H2,(H2,23,25,26). The van der Waals surface area contributed by atoms with E-state index in [1.165, 1.54) is 24.3 Å². The minimum Gasteiger partial charge on any atom is -0.256 e. The van der Waals surface area contributed by atoms with E-state index in [1.54, 1.807) is 0 Å². The zero-order valence-electron chi connectivity index (χ0n) is 13.6. The highest BCUT2D eigenvalue weighted by atomic mass is 32.2. The number of hydrogen-bond donors (Lipinski definition) is 1. The quantitative estimate of drug-likeness (QED) is 0.784. The average molecular weight is 404 g/mol. The Hall–Kier alpha value is -2.33. The normalized spacial score (nSPS) is 17.4. The molecule has 0 saturated heterocycles. The molecule has 0 bridgehead atoms.